The van der Waals surface area contributed by atoms with Gasteiger partial charge in [0.25, 0.3) is 5.91 Å². The molecule has 1 heterocycles. The van der Waals surface area contributed by atoms with E-state index in [4.69, 9.17) is 0 Å². The molecule has 0 atom stereocenters. The van der Waals surface area contributed by atoms with Gasteiger partial charge in [-0.05, 0) is 49.1 Å². The maximum Gasteiger partial charge on any atom is 0.254 e. The normalized spacial score (nSPS) is 15.4. The largest absolute Gasteiger partial charge is 0.352 e. The molecule has 150 valence electrons. The number of nitrogens with zero attached hydrogens (tertiary/aromatic N) is 1. The molecule has 0 unspecified atom stereocenters. The summed E-state index contributed by atoms with van der Waals surface area (Å²) in [7, 11) is -3.47. The molecule has 3 rings (SSSR count). The highest BCUT2D eigenvalue weighted by Gasteiger charge is 2.25. The van der Waals surface area contributed by atoms with Gasteiger partial charge in [-0.15, -0.1) is 0 Å². The predicted octanol–water partition coefficient (Wildman–Crippen LogP) is 3.11. The van der Waals surface area contributed by atoms with E-state index in [1.54, 1.807) is 24.3 Å². The zero-order chi connectivity index (χ0) is 20.1. The molecular formula is C20H22F2N2O3S. The molecule has 0 bridgehead atoms. The fraction of sp³-hybridized carbons (Fsp3) is 0.350. The number of hydrogen-bond acceptors (Lipinski definition) is 3. The van der Waals surface area contributed by atoms with Crippen LogP contribution in [0.4, 0.5) is 8.78 Å². The first-order valence-corrected chi connectivity index (χ1v) is 10.6. The van der Waals surface area contributed by atoms with E-state index in [0.29, 0.717) is 25.6 Å². The minimum absolute atomic E-state index is 0.218. The fourth-order valence-corrected chi connectivity index (χ4v) is 4.69. The lowest BCUT2D eigenvalue weighted by atomic mass is 10.1. The van der Waals surface area contributed by atoms with Crippen molar-refractivity contribution in [2.24, 2.45) is 0 Å². The quantitative estimate of drug-likeness (QED) is 0.799. The summed E-state index contributed by atoms with van der Waals surface area (Å²) in [5.41, 5.74) is 0.627. The van der Waals surface area contributed by atoms with Gasteiger partial charge < -0.3 is 5.32 Å². The number of amides is 1. The van der Waals surface area contributed by atoms with Gasteiger partial charge in [-0.3, -0.25) is 4.79 Å². The van der Waals surface area contributed by atoms with Crippen LogP contribution in [0, 0.1) is 11.6 Å². The van der Waals surface area contributed by atoms with Crippen molar-refractivity contribution in [3.63, 3.8) is 0 Å². The maximum absolute atomic E-state index is 13.6. The van der Waals surface area contributed by atoms with Crippen molar-refractivity contribution in [2.75, 3.05) is 19.6 Å². The van der Waals surface area contributed by atoms with Crippen LogP contribution in [0.25, 0.3) is 0 Å². The average Bonchev–Trinajstić information content (AvgIpc) is 2.69. The van der Waals surface area contributed by atoms with E-state index in [9.17, 15) is 22.0 Å². The van der Waals surface area contributed by atoms with E-state index in [1.165, 1.54) is 4.31 Å². The number of piperidine rings is 1. The van der Waals surface area contributed by atoms with Crippen LogP contribution in [0.3, 0.4) is 0 Å². The third kappa shape index (κ3) is 4.74. The van der Waals surface area contributed by atoms with Crippen molar-refractivity contribution in [1.82, 2.24) is 9.62 Å². The van der Waals surface area contributed by atoms with Crippen LogP contribution < -0.4 is 5.32 Å². The molecule has 1 aliphatic rings. The zero-order valence-corrected chi connectivity index (χ0v) is 16.1. The lowest BCUT2D eigenvalue weighted by Crippen LogP contribution is -2.35. The van der Waals surface area contributed by atoms with Crippen molar-refractivity contribution in [3.05, 3.63) is 65.2 Å². The number of benzene rings is 2. The second-order valence-corrected chi connectivity index (χ2v) is 8.68. The van der Waals surface area contributed by atoms with Crippen molar-refractivity contribution < 1.29 is 22.0 Å². The summed E-state index contributed by atoms with van der Waals surface area (Å²) in [6.07, 6.45) is 3.27. The van der Waals surface area contributed by atoms with E-state index in [2.05, 4.69) is 5.32 Å². The Morgan fingerprint density at radius 2 is 1.68 bits per heavy atom. The third-order valence-electron chi connectivity index (χ3n) is 4.75. The third-order valence-corrected chi connectivity index (χ3v) is 6.66. The molecule has 8 heteroatoms. The van der Waals surface area contributed by atoms with Crippen molar-refractivity contribution in [3.8, 4) is 0 Å². The highest BCUT2D eigenvalue weighted by molar-refractivity contribution is 7.89. The highest BCUT2D eigenvalue weighted by atomic mass is 32.2. The van der Waals surface area contributed by atoms with Gasteiger partial charge >= 0.3 is 0 Å². The van der Waals surface area contributed by atoms with Crippen LogP contribution in [0.2, 0.25) is 0 Å². The molecule has 1 fully saturated rings. The van der Waals surface area contributed by atoms with Crippen molar-refractivity contribution in [1.29, 1.82) is 0 Å². The van der Waals surface area contributed by atoms with Crippen LogP contribution in [0.1, 0.15) is 35.2 Å². The Bertz CT molecular complexity index is 940. The van der Waals surface area contributed by atoms with Gasteiger partial charge in [0.1, 0.15) is 11.6 Å². The Morgan fingerprint density at radius 3 is 2.32 bits per heavy atom. The zero-order valence-electron chi connectivity index (χ0n) is 15.3. The minimum Gasteiger partial charge on any atom is -0.352 e. The van der Waals surface area contributed by atoms with Crippen LogP contribution in [-0.4, -0.2) is 38.3 Å². The van der Waals surface area contributed by atoms with Crippen LogP contribution in [-0.2, 0) is 16.4 Å². The monoisotopic (exact) mass is 408 g/mol. The van der Waals surface area contributed by atoms with Crippen LogP contribution >= 0.6 is 0 Å². The van der Waals surface area contributed by atoms with Gasteiger partial charge in [0.05, 0.1) is 10.5 Å². The van der Waals surface area contributed by atoms with Gasteiger partial charge in [0, 0.05) is 25.7 Å². The molecule has 1 N–H and O–H groups in total. The molecule has 1 aliphatic heterocycles. The molecule has 0 spiro atoms. The highest BCUT2D eigenvalue weighted by Crippen LogP contribution is 2.21. The van der Waals surface area contributed by atoms with E-state index in [0.717, 1.165) is 37.0 Å². The summed E-state index contributed by atoms with van der Waals surface area (Å²) >= 11 is 0. The summed E-state index contributed by atoms with van der Waals surface area (Å²) in [6.45, 7) is 1.35. The number of rotatable bonds is 6. The molecular weight excluding hydrogens is 386 g/mol. The average molecular weight is 408 g/mol. The molecule has 0 radical (unpaired) electrons. The van der Waals surface area contributed by atoms with Gasteiger partial charge in [-0.25, -0.2) is 17.2 Å². The van der Waals surface area contributed by atoms with Gasteiger partial charge in [0.15, 0.2) is 0 Å². The molecule has 0 saturated carbocycles. The smallest absolute Gasteiger partial charge is 0.254 e. The Kier molecular flexibility index (Phi) is 6.41. The van der Waals surface area contributed by atoms with Gasteiger partial charge in [-0.1, -0.05) is 18.6 Å². The summed E-state index contributed by atoms with van der Waals surface area (Å²) < 4.78 is 53.3. The molecule has 28 heavy (non-hydrogen) atoms. The number of carbonyl (C=O) groups is 1. The number of hydrogen-bond donors (Lipinski definition) is 1. The summed E-state index contributed by atoms with van der Waals surface area (Å²) in [5, 5.41) is 2.58. The number of carbonyl (C=O) groups excluding carboxylic acids is 1. The first-order valence-electron chi connectivity index (χ1n) is 9.20. The van der Waals surface area contributed by atoms with E-state index in [1.807, 2.05) is 0 Å². The second-order valence-electron chi connectivity index (χ2n) is 6.74. The maximum atomic E-state index is 13.6. The van der Waals surface area contributed by atoms with Gasteiger partial charge in [0.2, 0.25) is 10.0 Å². The van der Waals surface area contributed by atoms with E-state index >= 15 is 0 Å². The fourth-order valence-electron chi connectivity index (χ4n) is 3.17. The Labute approximate surface area is 163 Å². The lowest BCUT2D eigenvalue weighted by Gasteiger charge is -2.25. The topological polar surface area (TPSA) is 66.5 Å². The van der Waals surface area contributed by atoms with Crippen LogP contribution in [0.15, 0.2) is 47.4 Å². The molecule has 0 aliphatic carbocycles. The van der Waals surface area contributed by atoms with Crippen molar-refractivity contribution in [2.45, 2.75) is 30.6 Å². The standard InChI is InChI=1S/C20H22F2N2O3S/c21-16-6-9-18(19(22)14-16)20(25)23-11-10-15-4-7-17(8-5-15)28(26,27)24-12-2-1-3-13-24/h4-9,14H,1-3,10-13H2,(H,23,25). The predicted molar refractivity (Wildman–Crippen MR) is 101 cm³/mol. The Hall–Kier alpha value is -2.32. The molecule has 0 aromatic heterocycles. The second kappa shape index (κ2) is 8.79. The summed E-state index contributed by atoms with van der Waals surface area (Å²) in [4.78, 5) is 12.2. The Morgan fingerprint density at radius 1 is 1.00 bits per heavy atom. The minimum atomic E-state index is -3.47. The lowest BCUT2D eigenvalue weighted by molar-refractivity contribution is 0.0950. The molecule has 1 saturated heterocycles. The van der Waals surface area contributed by atoms with Crippen molar-refractivity contribution >= 4 is 15.9 Å². The SMILES string of the molecule is O=C(NCCc1ccc(S(=O)(=O)N2CCCCC2)cc1)c1ccc(F)cc1F. The van der Waals surface area contributed by atoms with Crippen LogP contribution in [0.5, 0.6) is 0 Å². The molecule has 2 aromatic rings. The van der Waals surface area contributed by atoms with Gasteiger partial charge in [-0.2, -0.15) is 4.31 Å². The molecule has 5 nitrogen and oxygen atoms in total. The summed E-state index contributed by atoms with van der Waals surface area (Å²) in [5.74, 6) is -2.28. The molecule has 1 amide bonds. The summed E-state index contributed by atoms with van der Waals surface area (Å²) in [6, 6.07) is 9.35. The Balaban J connectivity index is 1.56. The number of halogens is 2. The molecule has 2 aromatic carbocycles. The number of nitrogens with one attached hydrogen (secondary N) is 1. The first-order chi connectivity index (χ1) is 13.4. The first kappa shape index (κ1) is 20.4. The number of sulfonamides is 1. The van der Waals surface area contributed by atoms with E-state index < -0.39 is 27.6 Å². The van der Waals surface area contributed by atoms with E-state index in [-0.39, 0.29) is 17.0 Å².